The second kappa shape index (κ2) is 5.99. The average molecular weight is 305 g/mol. The molecule has 10 nitrogen and oxygen atoms in total. The van der Waals surface area contributed by atoms with E-state index in [4.69, 9.17) is 0 Å². The van der Waals surface area contributed by atoms with Crippen LogP contribution in [0.2, 0.25) is 0 Å². The van der Waals surface area contributed by atoms with Crippen LogP contribution < -0.4 is 5.32 Å². The van der Waals surface area contributed by atoms with Crippen LogP contribution in [0.3, 0.4) is 0 Å². The summed E-state index contributed by atoms with van der Waals surface area (Å²) in [6.07, 6.45) is 1.13. The van der Waals surface area contributed by atoms with E-state index in [9.17, 15) is 25.0 Å². The molecule has 0 bridgehead atoms. The number of hydrogen-bond donors (Lipinski definition) is 1. The van der Waals surface area contributed by atoms with Gasteiger partial charge in [-0.15, -0.1) is 0 Å². The Labute approximate surface area is 123 Å². The number of nitrogens with zero attached hydrogens (tertiary/aromatic N) is 4. The molecule has 1 N–H and O–H groups in total. The lowest BCUT2D eigenvalue weighted by molar-refractivity contribution is -0.385. The SMILES string of the molecule is CCn1cc([N+](=O)[O-])c(C(=O)Nc2ccccc2[N+](=O)[O-])n1. The van der Waals surface area contributed by atoms with Crippen molar-refractivity contribution in [3.05, 3.63) is 56.4 Å². The van der Waals surface area contributed by atoms with Crippen LogP contribution in [0.1, 0.15) is 17.4 Å². The number of benzene rings is 1. The molecule has 0 saturated heterocycles. The number of nitro groups is 2. The third-order valence-corrected chi connectivity index (χ3v) is 2.83. The van der Waals surface area contributed by atoms with Crippen molar-refractivity contribution < 1.29 is 14.6 Å². The lowest BCUT2D eigenvalue weighted by Gasteiger charge is -2.03. The number of rotatable bonds is 5. The molecule has 2 aromatic rings. The van der Waals surface area contributed by atoms with Gasteiger partial charge < -0.3 is 5.32 Å². The minimum absolute atomic E-state index is 0.0575. The summed E-state index contributed by atoms with van der Waals surface area (Å²) in [6.45, 7) is 2.06. The number of aryl methyl sites for hydroxylation is 1. The first-order valence-corrected chi connectivity index (χ1v) is 6.20. The molecule has 0 aliphatic rings. The van der Waals surface area contributed by atoms with Gasteiger partial charge in [0.05, 0.1) is 9.85 Å². The van der Waals surface area contributed by atoms with Crippen LogP contribution in [-0.4, -0.2) is 25.5 Å². The summed E-state index contributed by atoms with van der Waals surface area (Å²) < 4.78 is 1.24. The van der Waals surface area contributed by atoms with Crippen LogP contribution in [0.15, 0.2) is 30.5 Å². The monoisotopic (exact) mass is 305 g/mol. The zero-order valence-corrected chi connectivity index (χ0v) is 11.4. The van der Waals surface area contributed by atoms with Gasteiger partial charge in [0.2, 0.25) is 5.69 Å². The van der Waals surface area contributed by atoms with Crippen LogP contribution in [0.5, 0.6) is 0 Å². The summed E-state index contributed by atoms with van der Waals surface area (Å²) in [5, 5.41) is 27.9. The van der Waals surface area contributed by atoms with Crippen LogP contribution in [0.4, 0.5) is 17.1 Å². The first kappa shape index (κ1) is 15.1. The van der Waals surface area contributed by atoms with E-state index in [1.54, 1.807) is 6.92 Å². The Bertz CT molecular complexity index is 754. The van der Waals surface area contributed by atoms with Gasteiger partial charge in [-0.2, -0.15) is 5.10 Å². The Morgan fingerprint density at radius 2 is 1.86 bits per heavy atom. The summed E-state index contributed by atoms with van der Waals surface area (Å²) >= 11 is 0. The number of nitro benzene ring substituents is 1. The van der Waals surface area contributed by atoms with E-state index in [-0.39, 0.29) is 11.4 Å². The van der Waals surface area contributed by atoms with E-state index >= 15 is 0 Å². The van der Waals surface area contributed by atoms with E-state index in [0.717, 1.165) is 6.20 Å². The fraction of sp³-hybridized carbons (Fsp3) is 0.167. The molecule has 0 atom stereocenters. The van der Waals surface area contributed by atoms with Gasteiger partial charge in [0.1, 0.15) is 11.9 Å². The molecule has 2 rings (SSSR count). The molecule has 1 heterocycles. The smallest absolute Gasteiger partial charge is 0.315 e. The van der Waals surface area contributed by atoms with Crippen molar-refractivity contribution in [2.24, 2.45) is 0 Å². The Balaban J connectivity index is 2.36. The molecular formula is C12H11N5O5. The van der Waals surface area contributed by atoms with E-state index in [2.05, 4.69) is 10.4 Å². The largest absolute Gasteiger partial charge is 0.320 e. The highest BCUT2D eigenvalue weighted by molar-refractivity contribution is 6.06. The zero-order valence-electron chi connectivity index (χ0n) is 11.4. The quantitative estimate of drug-likeness (QED) is 0.663. The standard InChI is InChI=1S/C12H11N5O5/c1-2-15-7-10(17(21)22)11(14-15)12(18)13-8-5-3-4-6-9(8)16(19)20/h3-7H,2H2,1H3,(H,13,18). The summed E-state index contributed by atoms with van der Waals surface area (Å²) in [5.74, 6) is -0.881. The number of amides is 1. The van der Waals surface area contributed by atoms with Crippen molar-refractivity contribution in [2.75, 3.05) is 5.32 Å². The van der Waals surface area contributed by atoms with Crippen LogP contribution in [0, 0.1) is 20.2 Å². The Morgan fingerprint density at radius 1 is 1.23 bits per heavy atom. The highest BCUT2D eigenvalue weighted by Gasteiger charge is 2.27. The molecule has 0 fully saturated rings. The van der Waals surface area contributed by atoms with Crippen molar-refractivity contribution in [3.8, 4) is 0 Å². The van der Waals surface area contributed by atoms with Crippen molar-refractivity contribution in [3.63, 3.8) is 0 Å². The number of nitrogens with one attached hydrogen (secondary N) is 1. The predicted molar refractivity (Wildman–Crippen MR) is 75.6 cm³/mol. The van der Waals surface area contributed by atoms with Crippen LogP contribution >= 0.6 is 0 Å². The molecule has 0 spiro atoms. The number of para-hydroxylation sites is 2. The van der Waals surface area contributed by atoms with Crippen LogP contribution in [-0.2, 0) is 6.54 Å². The molecule has 10 heteroatoms. The molecule has 1 aromatic carbocycles. The molecular weight excluding hydrogens is 294 g/mol. The third kappa shape index (κ3) is 2.90. The van der Waals surface area contributed by atoms with Gasteiger partial charge in [0.15, 0.2) is 0 Å². The van der Waals surface area contributed by atoms with Crippen molar-refractivity contribution in [1.29, 1.82) is 0 Å². The Morgan fingerprint density at radius 3 is 2.45 bits per heavy atom. The zero-order chi connectivity index (χ0) is 16.3. The normalized spacial score (nSPS) is 10.2. The number of hydrogen-bond acceptors (Lipinski definition) is 6. The van der Waals surface area contributed by atoms with Gasteiger partial charge in [-0.05, 0) is 13.0 Å². The van der Waals surface area contributed by atoms with Gasteiger partial charge in [-0.25, -0.2) is 0 Å². The molecule has 0 saturated carbocycles. The highest BCUT2D eigenvalue weighted by Crippen LogP contribution is 2.25. The van der Waals surface area contributed by atoms with E-state index < -0.39 is 27.1 Å². The van der Waals surface area contributed by atoms with E-state index in [1.165, 1.54) is 28.9 Å². The van der Waals surface area contributed by atoms with E-state index in [0.29, 0.717) is 6.54 Å². The molecule has 0 aliphatic heterocycles. The third-order valence-electron chi connectivity index (χ3n) is 2.83. The number of carbonyl (C=O) groups is 1. The summed E-state index contributed by atoms with van der Waals surface area (Å²) in [7, 11) is 0. The fourth-order valence-electron chi connectivity index (χ4n) is 1.79. The molecule has 114 valence electrons. The topological polar surface area (TPSA) is 133 Å². The maximum Gasteiger partial charge on any atom is 0.320 e. The van der Waals surface area contributed by atoms with Crippen molar-refractivity contribution >= 4 is 23.0 Å². The highest BCUT2D eigenvalue weighted by atomic mass is 16.6. The van der Waals surface area contributed by atoms with Gasteiger partial charge in [-0.3, -0.25) is 29.7 Å². The minimum atomic E-state index is -0.881. The first-order chi connectivity index (χ1) is 10.4. The predicted octanol–water partition coefficient (Wildman–Crippen LogP) is 1.97. The lowest BCUT2D eigenvalue weighted by Crippen LogP contribution is -2.15. The Kier molecular flexibility index (Phi) is 4.11. The van der Waals surface area contributed by atoms with Crippen molar-refractivity contribution in [1.82, 2.24) is 9.78 Å². The molecule has 0 unspecified atom stereocenters. The molecule has 0 radical (unpaired) electrons. The molecule has 1 amide bonds. The first-order valence-electron chi connectivity index (χ1n) is 6.20. The lowest BCUT2D eigenvalue weighted by atomic mass is 10.2. The summed E-state index contributed by atoms with van der Waals surface area (Å²) in [6, 6.07) is 5.50. The number of carbonyl (C=O) groups excluding carboxylic acids is 1. The molecule has 22 heavy (non-hydrogen) atoms. The fourth-order valence-corrected chi connectivity index (χ4v) is 1.79. The van der Waals surface area contributed by atoms with Gasteiger partial charge in [0, 0.05) is 12.6 Å². The van der Waals surface area contributed by atoms with E-state index in [1.807, 2.05) is 0 Å². The summed E-state index contributed by atoms with van der Waals surface area (Å²) in [4.78, 5) is 32.6. The molecule has 1 aromatic heterocycles. The van der Waals surface area contributed by atoms with Gasteiger partial charge in [0.25, 0.3) is 11.6 Å². The minimum Gasteiger partial charge on any atom is -0.315 e. The Hall–Kier alpha value is -3.30. The summed E-state index contributed by atoms with van der Waals surface area (Å²) in [5.41, 5.74) is -1.23. The van der Waals surface area contributed by atoms with Crippen molar-refractivity contribution in [2.45, 2.75) is 13.5 Å². The van der Waals surface area contributed by atoms with Crippen LogP contribution in [0.25, 0.3) is 0 Å². The second-order valence-electron chi connectivity index (χ2n) is 4.20. The van der Waals surface area contributed by atoms with Gasteiger partial charge in [-0.1, -0.05) is 12.1 Å². The van der Waals surface area contributed by atoms with Gasteiger partial charge >= 0.3 is 5.69 Å². The molecule has 0 aliphatic carbocycles. The maximum absolute atomic E-state index is 12.1. The number of aromatic nitrogens is 2. The maximum atomic E-state index is 12.1. The average Bonchev–Trinajstić information content (AvgIpc) is 2.92. The number of anilines is 1. The second-order valence-corrected chi connectivity index (χ2v) is 4.20.